The van der Waals surface area contributed by atoms with Gasteiger partial charge in [-0.05, 0) is 6.07 Å². The molecule has 0 unspecified atom stereocenters. The van der Waals surface area contributed by atoms with Gasteiger partial charge in [-0.25, -0.2) is 0 Å². The van der Waals surface area contributed by atoms with Crippen LogP contribution in [0, 0.1) is 0 Å². The Morgan fingerprint density at radius 2 is 1.65 bits per heavy atom. The zero-order valence-electron chi connectivity index (χ0n) is 9.39. The molecule has 4 nitrogen and oxygen atoms in total. The molecule has 1 aromatic carbocycles. The predicted octanol–water partition coefficient (Wildman–Crippen LogP) is 2.33. The molecule has 0 bridgehead atoms. The van der Waals surface area contributed by atoms with E-state index in [-0.39, 0.29) is 24.5 Å². The molecule has 0 saturated heterocycles. The maximum atomic E-state index is 10.7. The first kappa shape index (κ1) is 12.8. The number of hydrogen-bond acceptors (Lipinski definition) is 4. The van der Waals surface area contributed by atoms with Crippen molar-refractivity contribution >= 4 is 6.29 Å². The van der Waals surface area contributed by atoms with E-state index in [9.17, 15) is 9.90 Å². The number of carbonyl (C=O) groups excluding carboxylic acids is 1. The molecule has 90 valence electrons. The van der Waals surface area contributed by atoms with E-state index in [1.807, 2.05) is 0 Å². The molecule has 0 aromatic heterocycles. The average molecular weight is 234 g/mol. The Kier molecular flexibility index (Phi) is 4.81. The second-order valence-corrected chi connectivity index (χ2v) is 3.17. The Bertz CT molecular complexity index is 424. The van der Waals surface area contributed by atoms with Gasteiger partial charge >= 0.3 is 0 Å². The molecule has 1 aromatic rings. The summed E-state index contributed by atoms with van der Waals surface area (Å²) in [5.41, 5.74) is 0.148. The van der Waals surface area contributed by atoms with Crippen molar-refractivity contribution in [3.63, 3.8) is 0 Å². The summed E-state index contributed by atoms with van der Waals surface area (Å²) in [5, 5.41) is 9.53. The van der Waals surface area contributed by atoms with Crippen LogP contribution in [0.1, 0.15) is 10.4 Å². The number of aromatic hydroxyl groups is 1. The molecule has 0 spiro atoms. The summed E-state index contributed by atoms with van der Waals surface area (Å²) in [4.78, 5) is 10.7. The molecule has 0 amide bonds. The lowest BCUT2D eigenvalue weighted by atomic mass is 10.2. The summed E-state index contributed by atoms with van der Waals surface area (Å²) < 4.78 is 10.6. The number of phenols is 1. The van der Waals surface area contributed by atoms with Crippen molar-refractivity contribution in [2.75, 3.05) is 13.2 Å². The first-order valence-electron chi connectivity index (χ1n) is 5.02. The molecular formula is C13H14O4. The Morgan fingerprint density at radius 1 is 1.12 bits per heavy atom. The van der Waals surface area contributed by atoms with Gasteiger partial charge in [-0.15, -0.1) is 0 Å². The highest BCUT2D eigenvalue weighted by molar-refractivity contribution is 5.81. The molecule has 0 atom stereocenters. The third-order valence-electron chi connectivity index (χ3n) is 1.93. The molecule has 0 fully saturated rings. The summed E-state index contributed by atoms with van der Waals surface area (Å²) in [6, 6.07) is 2.76. The number of carbonyl (C=O) groups is 1. The van der Waals surface area contributed by atoms with Gasteiger partial charge in [-0.3, -0.25) is 4.79 Å². The van der Waals surface area contributed by atoms with Gasteiger partial charge in [-0.1, -0.05) is 25.3 Å². The summed E-state index contributed by atoms with van der Waals surface area (Å²) in [5.74, 6) is 0.589. The summed E-state index contributed by atoms with van der Waals surface area (Å²) >= 11 is 0. The number of benzene rings is 1. The van der Waals surface area contributed by atoms with E-state index >= 15 is 0 Å². The summed E-state index contributed by atoms with van der Waals surface area (Å²) in [6.07, 6.45) is 3.69. The molecule has 4 heteroatoms. The minimum atomic E-state index is -0.148. The van der Waals surface area contributed by atoms with Gasteiger partial charge in [0.15, 0.2) is 17.8 Å². The van der Waals surface area contributed by atoms with Gasteiger partial charge in [0.2, 0.25) is 0 Å². The van der Waals surface area contributed by atoms with Crippen molar-refractivity contribution in [1.29, 1.82) is 0 Å². The Labute approximate surface area is 99.8 Å². The van der Waals surface area contributed by atoms with Crippen LogP contribution in [-0.2, 0) is 0 Å². The molecule has 1 rings (SSSR count). The van der Waals surface area contributed by atoms with Crippen LogP contribution in [0.15, 0.2) is 37.4 Å². The first-order chi connectivity index (χ1) is 8.22. The molecule has 0 radical (unpaired) electrons. The maximum Gasteiger partial charge on any atom is 0.165 e. The van der Waals surface area contributed by atoms with Crippen LogP contribution in [0.3, 0.4) is 0 Å². The second-order valence-electron chi connectivity index (χ2n) is 3.17. The largest absolute Gasteiger partial charge is 0.507 e. The van der Waals surface area contributed by atoms with Gasteiger partial charge in [0.1, 0.15) is 19.0 Å². The molecular weight excluding hydrogens is 220 g/mol. The lowest BCUT2D eigenvalue weighted by Crippen LogP contribution is -2.00. The van der Waals surface area contributed by atoms with E-state index in [2.05, 4.69) is 13.2 Å². The van der Waals surface area contributed by atoms with E-state index in [4.69, 9.17) is 9.47 Å². The SMILES string of the molecule is C=CCOc1cc(O)c(C=O)cc1OCC=C. The monoisotopic (exact) mass is 234 g/mol. The zero-order valence-corrected chi connectivity index (χ0v) is 9.39. The van der Waals surface area contributed by atoms with Crippen LogP contribution < -0.4 is 9.47 Å². The molecule has 0 heterocycles. The molecule has 0 aliphatic carbocycles. The fourth-order valence-electron chi connectivity index (χ4n) is 1.18. The Hall–Kier alpha value is -2.23. The molecule has 17 heavy (non-hydrogen) atoms. The third-order valence-corrected chi connectivity index (χ3v) is 1.93. The number of rotatable bonds is 7. The van der Waals surface area contributed by atoms with Gasteiger partial charge < -0.3 is 14.6 Å². The molecule has 1 N–H and O–H groups in total. The highest BCUT2D eigenvalue weighted by Crippen LogP contribution is 2.33. The minimum Gasteiger partial charge on any atom is -0.507 e. The standard InChI is InChI=1S/C13H14O4/c1-3-5-16-12-7-10(9-14)11(15)8-13(12)17-6-4-2/h3-4,7-9,15H,1-2,5-6H2. The van der Waals surface area contributed by atoms with Crippen molar-refractivity contribution in [1.82, 2.24) is 0 Å². The molecule has 0 aliphatic heterocycles. The maximum absolute atomic E-state index is 10.7. The van der Waals surface area contributed by atoms with Crippen LogP contribution in [0.2, 0.25) is 0 Å². The van der Waals surface area contributed by atoms with Crippen molar-refractivity contribution in [3.8, 4) is 17.2 Å². The van der Waals surface area contributed by atoms with Gasteiger partial charge in [0, 0.05) is 6.07 Å². The fourth-order valence-corrected chi connectivity index (χ4v) is 1.18. The summed E-state index contributed by atoms with van der Waals surface area (Å²) in [6.45, 7) is 7.62. The van der Waals surface area contributed by atoms with E-state index in [0.717, 1.165) is 0 Å². The fraction of sp³-hybridized carbons (Fsp3) is 0.154. The zero-order chi connectivity index (χ0) is 12.7. The Morgan fingerprint density at radius 3 is 2.12 bits per heavy atom. The normalized spacial score (nSPS) is 9.41. The van der Waals surface area contributed by atoms with E-state index in [1.54, 1.807) is 12.2 Å². The number of hydrogen-bond donors (Lipinski definition) is 1. The van der Waals surface area contributed by atoms with Crippen LogP contribution in [0.5, 0.6) is 17.2 Å². The second kappa shape index (κ2) is 6.37. The summed E-state index contributed by atoms with van der Waals surface area (Å²) in [7, 11) is 0. The lowest BCUT2D eigenvalue weighted by molar-refractivity contribution is 0.112. The topological polar surface area (TPSA) is 55.8 Å². The average Bonchev–Trinajstić information content (AvgIpc) is 2.34. The van der Waals surface area contributed by atoms with Gasteiger partial charge in [-0.2, -0.15) is 0 Å². The third kappa shape index (κ3) is 3.38. The number of aldehydes is 1. The van der Waals surface area contributed by atoms with Crippen LogP contribution in [-0.4, -0.2) is 24.6 Å². The molecule has 0 aliphatic rings. The van der Waals surface area contributed by atoms with Crippen molar-refractivity contribution in [3.05, 3.63) is 43.0 Å². The van der Waals surface area contributed by atoms with Crippen molar-refractivity contribution < 1.29 is 19.4 Å². The minimum absolute atomic E-state index is 0.148. The highest BCUT2D eigenvalue weighted by atomic mass is 16.5. The quantitative estimate of drug-likeness (QED) is 0.581. The smallest absolute Gasteiger partial charge is 0.165 e. The van der Waals surface area contributed by atoms with E-state index < -0.39 is 0 Å². The predicted molar refractivity (Wildman–Crippen MR) is 64.9 cm³/mol. The molecule has 0 saturated carbocycles. The van der Waals surface area contributed by atoms with Crippen LogP contribution >= 0.6 is 0 Å². The Balaban J connectivity index is 3.05. The van der Waals surface area contributed by atoms with Gasteiger partial charge in [0.25, 0.3) is 0 Å². The number of ether oxygens (including phenoxy) is 2. The first-order valence-corrected chi connectivity index (χ1v) is 5.02. The van der Waals surface area contributed by atoms with E-state index in [1.165, 1.54) is 12.1 Å². The highest BCUT2D eigenvalue weighted by Gasteiger charge is 2.10. The van der Waals surface area contributed by atoms with Crippen LogP contribution in [0.25, 0.3) is 0 Å². The lowest BCUT2D eigenvalue weighted by Gasteiger charge is -2.12. The van der Waals surface area contributed by atoms with Crippen molar-refractivity contribution in [2.45, 2.75) is 0 Å². The van der Waals surface area contributed by atoms with Crippen molar-refractivity contribution in [2.24, 2.45) is 0 Å². The van der Waals surface area contributed by atoms with E-state index in [0.29, 0.717) is 17.8 Å². The van der Waals surface area contributed by atoms with Gasteiger partial charge in [0.05, 0.1) is 5.56 Å². The van der Waals surface area contributed by atoms with Crippen LogP contribution in [0.4, 0.5) is 0 Å². The number of phenolic OH excluding ortho intramolecular Hbond substituents is 1.